The molecule has 54 valence electrons. The third-order valence-corrected chi connectivity index (χ3v) is 0.616. The fourth-order valence-corrected chi connectivity index (χ4v) is 0.269. The highest BCUT2D eigenvalue weighted by atomic mass is 14.8. The van der Waals surface area contributed by atoms with Crippen molar-refractivity contribution in [2.24, 2.45) is 0 Å². The van der Waals surface area contributed by atoms with Gasteiger partial charge in [-0.3, -0.25) is 0 Å². The molecular formula is C8H17N. The smallest absolute Gasteiger partial charge is 0.0325 e. The minimum Gasteiger partial charge on any atom is -0.388 e. The molecule has 9 heavy (non-hydrogen) atoms. The summed E-state index contributed by atoms with van der Waals surface area (Å²) in [6.45, 7) is 10.4. The Morgan fingerprint density at radius 1 is 1.44 bits per heavy atom. The molecule has 0 saturated carbocycles. The highest BCUT2D eigenvalue weighted by Crippen LogP contribution is 1.64. The number of rotatable bonds is 3. The fourth-order valence-electron chi connectivity index (χ4n) is 0.269. The van der Waals surface area contributed by atoms with Crippen LogP contribution in [0.1, 0.15) is 20.8 Å². The molecule has 1 N–H and O–H groups in total. The van der Waals surface area contributed by atoms with Crippen molar-refractivity contribution in [3.05, 3.63) is 24.9 Å². The molecule has 1 nitrogen and oxygen atoms in total. The molecule has 0 aromatic rings. The zero-order valence-electron chi connectivity index (χ0n) is 6.65. The lowest BCUT2D eigenvalue weighted by Crippen LogP contribution is -2.01. The second kappa shape index (κ2) is 15.7. The van der Waals surface area contributed by atoms with E-state index in [9.17, 15) is 0 Å². The van der Waals surface area contributed by atoms with E-state index >= 15 is 0 Å². The van der Waals surface area contributed by atoms with Gasteiger partial charge in [0.25, 0.3) is 0 Å². The number of allylic oxidation sites excluding steroid dienone is 1. The van der Waals surface area contributed by atoms with Crippen LogP contribution in [-0.2, 0) is 0 Å². The molecule has 0 rings (SSSR count). The van der Waals surface area contributed by atoms with Crippen LogP contribution in [0, 0.1) is 0 Å². The summed E-state index contributed by atoms with van der Waals surface area (Å²) in [7, 11) is 0. The van der Waals surface area contributed by atoms with Gasteiger partial charge < -0.3 is 5.32 Å². The molecule has 0 aliphatic carbocycles. The highest BCUT2D eigenvalue weighted by Gasteiger charge is 1.63. The molecule has 0 aliphatic rings. The van der Waals surface area contributed by atoms with Crippen LogP contribution in [-0.4, -0.2) is 6.54 Å². The van der Waals surface area contributed by atoms with E-state index in [1.54, 1.807) is 6.20 Å². The molecule has 0 bridgehead atoms. The van der Waals surface area contributed by atoms with Gasteiger partial charge in [-0.05, 0) is 13.1 Å². The standard InChI is InChI=1S/C6H11N.C2H6/c1-3-5-6-7-4-2;1-2/h3-5,7H,2,6H2,1H3;1-2H3/b5-3-;. The van der Waals surface area contributed by atoms with Crippen LogP contribution >= 0.6 is 0 Å². The molecule has 0 heterocycles. The van der Waals surface area contributed by atoms with Crippen LogP contribution in [0.15, 0.2) is 24.9 Å². The molecule has 0 saturated heterocycles. The van der Waals surface area contributed by atoms with Crippen LogP contribution in [0.25, 0.3) is 0 Å². The van der Waals surface area contributed by atoms with E-state index in [4.69, 9.17) is 0 Å². The maximum Gasteiger partial charge on any atom is 0.0325 e. The summed E-state index contributed by atoms with van der Waals surface area (Å²) in [5, 5.41) is 2.93. The SMILES string of the molecule is C=CNC/C=C\C.CC. The van der Waals surface area contributed by atoms with E-state index in [1.807, 2.05) is 32.9 Å². The van der Waals surface area contributed by atoms with Crippen LogP contribution in [0.2, 0.25) is 0 Å². The van der Waals surface area contributed by atoms with E-state index in [1.165, 1.54) is 0 Å². The Hall–Kier alpha value is -0.720. The van der Waals surface area contributed by atoms with Gasteiger partial charge in [-0.25, -0.2) is 0 Å². The normalized spacial score (nSPS) is 7.89. The van der Waals surface area contributed by atoms with Gasteiger partial charge in [-0.1, -0.05) is 32.6 Å². The van der Waals surface area contributed by atoms with Crippen LogP contribution < -0.4 is 5.32 Å². The lowest BCUT2D eigenvalue weighted by molar-refractivity contribution is 0.988. The van der Waals surface area contributed by atoms with Crippen molar-refractivity contribution in [3.63, 3.8) is 0 Å². The van der Waals surface area contributed by atoms with Crippen LogP contribution in [0.5, 0.6) is 0 Å². The monoisotopic (exact) mass is 127 g/mol. The summed E-state index contributed by atoms with van der Waals surface area (Å²) in [6, 6.07) is 0. The van der Waals surface area contributed by atoms with E-state index in [2.05, 4.69) is 11.9 Å². The average molecular weight is 127 g/mol. The second-order valence-electron chi connectivity index (χ2n) is 1.18. The van der Waals surface area contributed by atoms with Crippen molar-refractivity contribution in [2.45, 2.75) is 20.8 Å². The Kier molecular flexibility index (Phi) is 19.4. The number of hydrogen-bond donors (Lipinski definition) is 1. The molecule has 0 fully saturated rings. The maximum absolute atomic E-state index is 3.49. The first-order valence-electron chi connectivity index (χ1n) is 3.37. The van der Waals surface area contributed by atoms with Crippen molar-refractivity contribution < 1.29 is 0 Å². The first-order valence-corrected chi connectivity index (χ1v) is 3.37. The molecule has 0 aromatic carbocycles. The predicted molar refractivity (Wildman–Crippen MR) is 44.4 cm³/mol. The fraction of sp³-hybridized carbons (Fsp3) is 0.500. The highest BCUT2D eigenvalue weighted by molar-refractivity contribution is 4.81. The van der Waals surface area contributed by atoms with Crippen molar-refractivity contribution in [3.8, 4) is 0 Å². The summed E-state index contributed by atoms with van der Waals surface area (Å²) in [6.07, 6.45) is 5.71. The molecule has 0 atom stereocenters. The van der Waals surface area contributed by atoms with Crippen molar-refractivity contribution in [2.75, 3.05) is 6.54 Å². The van der Waals surface area contributed by atoms with E-state index in [0.29, 0.717) is 0 Å². The third-order valence-electron chi connectivity index (χ3n) is 0.616. The van der Waals surface area contributed by atoms with Crippen molar-refractivity contribution in [1.82, 2.24) is 5.32 Å². The molecule has 0 radical (unpaired) electrons. The Morgan fingerprint density at radius 2 is 2.00 bits per heavy atom. The molecular weight excluding hydrogens is 110 g/mol. The Bertz CT molecular complexity index is 65.0. The Labute approximate surface area is 58.5 Å². The zero-order chi connectivity index (χ0) is 7.54. The molecule has 0 aromatic heterocycles. The summed E-state index contributed by atoms with van der Waals surface area (Å²) < 4.78 is 0. The van der Waals surface area contributed by atoms with Gasteiger partial charge in [0.2, 0.25) is 0 Å². The van der Waals surface area contributed by atoms with Gasteiger partial charge in [0.1, 0.15) is 0 Å². The minimum absolute atomic E-state index is 0.889. The van der Waals surface area contributed by atoms with Gasteiger partial charge in [0, 0.05) is 6.54 Å². The summed E-state index contributed by atoms with van der Waals surface area (Å²) in [5.41, 5.74) is 0. The number of hydrogen-bond acceptors (Lipinski definition) is 1. The third kappa shape index (κ3) is 18.9. The topological polar surface area (TPSA) is 12.0 Å². The molecule has 0 aliphatic heterocycles. The first-order chi connectivity index (χ1) is 4.41. The Balaban J connectivity index is 0. The van der Waals surface area contributed by atoms with Gasteiger partial charge in [-0.15, -0.1) is 0 Å². The van der Waals surface area contributed by atoms with Crippen LogP contribution in [0.3, 0.4) is 0 Å². The van der Waals surface area contributed by atoms with Crippen molar-refractivity contribution >= 4 is 0 Å². The van der Waals surface area contributed by atoms with Gasteiger partial charge in [0.15, 0.2) is 0 Å². The quantitative estimate of drug-likeness (QED) is 0.453. The van der Waals surface area contributed by atoms with E-state index in [0.717, 1.165) is 6.54 Å². The minimum atomic E-state index is 0.889. The predicted octanol–water partition coefficient (Wildman–Crippen LogP) is 2.32. The lowest BCUT2D eigenvalue weighted by Gasteiger charge is -1.87. The van der Waals surface area contributed by atoms with Gasteiger partial charge in [-0.2, -0.15) is 0 Å². The summed E-state index contributed by atoms with van der Waals surface area (Å²) in [5.74, 6) is 0. The van der Waals surface area contributed by atoms with Crippen LogP contribution in [0.4, 0.5) is 0 Å². The average Bonchev–Trinajstić information content (AvgIpc) is 1.94. The first kappa shape index (κ1) is 11.1. The molecule has 1 heteroatoms. The molecule has 0 unspecified atom stereocenters. The summed E-state index contributed by atoms with van der Waals surface area (Å²) >= 11 is 0. The molecule has 0 spiro atoms. The zero-order valence-corrected chi connectivity index (χ0v) is 6.65. The Morgan fingerprint density at radius 3 is 2.33 bits per heavy atom. The van der Waals surface area contributed by atoms with Gasteiger partial charge >= 0.3 is 0 Å². The number of nitrogens with one attached hydrogen (secondary N) is 1. The maximum atomic E-state index is 3.49. The largest absolute Gasteiger partial charge is 0.388 e. The molecule has 0 amide bonds. The summed E-state index contributed by atoms with van der Waals surface area (Å²) in [4.78, 5) is 0. The van der Waals surface area contributed by atoms with Gasteiger partial charge in [0.05, 0.1) is 0 Å². The second-order valence-corrected chi connectivity index (χ2v) is 1.18. The van der Waals surface area contributed by atoms with Crippen molar-refractivity contribution in [1.29, 1.82) is 0 Å². The van der Waals surface area contributed by atoms with E-state index < -0.39 is 0 Å². The van der Waals surface area contributed by atoms with E-state index in [-0.39, 0.29) is 0 Å². The lowest BCUT2D eigenvalue weighted by atomic mass is 10.5.